The average molecular weight is 257 g/mol. The Bertz CT molecular complexity index is 511. The maximum absolute atomic E-state index is 5.74. The van der Waals surface area contributed by atoms with Crippen LogP contribution in [0, 0.1) is 0 Å². The summed E-state index contributed by atoms with van der Waals surface area (Å²) in [5.41, 5.74) is 1.33. The van der Waals surface area contributed by atoms with Crippen LogP contribution in [-0.4, -0.2) is 11.1 Å². The Morgan fingerprint density at radius 1 is 1.17 bits per heavy atom. The fourth-order valence-corrected chi connectivity index (χ4v) is 2.52. The maximum atomic E-state index is 5.74. The molecule has 3 rings (SSSR count). The minimum Gasteiger partial charge on any atom is -0.489 e. The molecule has 1 heterocycles. The van der Waals surface area contributed by atoms with Crippen molar-refractivity contribution in [2.75, 3.05) is 0 Å². The molecule has 3 heteroatoms. The van der Waals surface area contributed by atoms with Crippen LogP contribution >= 0.6 is 11.8 Å². The molecule has 2 nitrogen and oxygen atoms in total. The standard InChI is InChI=1S/C15H15NOS/c1-2-4-12(5-3-1)11-18-15-8-14(9-16-10-15)17-13-6-7-13/h1-5,8-10,13H,6-7,11H2. The summed E-state index contributed by atoms with van der Waals surface area (Å²) >= 11 is 1.79. The molecule has 0 N–H and O–H groups in total. The van der Waals surface area contributed by atoms with Crippen molar-refractivity contribution in [2.24, 2.45) is 0 Å². The summed E-state index contributed by atoms with van der Waals surface area (Å²) in [5, 5.41) is 0. The first-order valence-corrected chi connectivity index (χ1v) is 7.17. The number of hydrogen-bond donors (Lipinski definition) is 0. The molecule has 0 amide bonds. The van der Waals surface area contributed by atoms with E-state index in [1.165, 1.54) is 18.4 Å². The molecule has 1 aliphatic rings. The second-order valence-electron chi connectivity index (χ2n) is 4.45. The second kappa shape index (κ2) is 5.44. The summed E-state index contributed by atoms with van der Waals surface area (Å²) < 4.78 is 5.74. The zero-order chi connectivity index (χ0) is 12.2. The Labute approximate surface area is 111 Å². The first-order chi connectivity index (χ1) is 8.90. The van der Waals surface area contributed by atoms with Gasteiger partial charge in [-0.25, -0.2) is 0 Å². The number of thioether (sulfide) groups is 1. The van der Waals surface area contributed by atoms with Crippen LogP contribution in [-0.2, 0) is 5.75 Å². The zero-order valence-corrected chi connectivity index (χ0v) is 10.9. The van der Waals surface area contributed by atoms with Crippen LogP contribution in [0.25, 0.3) is 0 Å². The van der Waals surface area contributed by atoms with Crippen molar-refractivity contribution in [3.8, 4) is 5.75 Å². The van der Waals surface area contributed by atoms with E-state index in [1.54, 1.807) is 18.0 Å². The van der Waals surface area contributed by atoms with Crippen LogP contribution in [0.4, 0.5) is 0 Å². The van der Waals surface area contributed by atoms with E-state index in [2.05, 4.69) is 35.3 Å². The van der Waals surface area contributed by atoms with Crippen LogP contribution < -0.4 is 4.74 Å². The molecule has 0 unspecified atom stereocenters. The Kier molecular flexibility index (Phi) is 3.51. The van der Waals surface area contributed by atoms with Crippen LogP contribution in [0.1, 0.15) is 18.4 Å². The van der Waals surface area contributed by atoms with Crippen molar-refractivity contribution in [3.63, 3.8) is 0 Å². The summed E-state index contributed by atoms with van der Waals surface area (Å²) in [7, 11) is 0. The summed E-state index contributed by atoms with van der Waals surface area (Å²) in [5.74, 6) is 1.87. The molecule has 0 spiro atoms. The molecule has 18 heavy (non-hydrogen) atoms. The zero-order valence-electron chi connectivity index (χ0n) is 10.1. The monoisotopic (exact) mass is 257 g/mol. The van der Waals surface area contributed by atoms with Gasteiger partial charge < -0.3 is 4.74 Å². The van der Waals surface area contributed by atoms with E-state index < -0.39 is 0 Å². The first kappa shape index (κ1) is 11.6. The number of hydrogen-bond acceptors (Lipinski definition) is 3. The summed E-state index contributed by atoms with van der Waals surface area (Å²) in [4.78, 5) is 5.40. The van der Waals surface area contributed by atoms with E-state index in [-0.39, 0.29) is 0 Å². The van der Waals surface area contributed by atoms with Crippen LogP contribution in [0.15, 0.2) is 53.7 Å². The molecule has 0 atom stereocenters. The number of pyridine rings is 1. The lowest BCUT2D eigenvalue weighted by atomic mass is 10.2. The normalized spacial score (nSPS) is 14.4. The van der Waals surface area contributed by atoms with E-state index in [0.29, 0.717) is 6.10 Å². The fraction of sp³-hybridized carbons (Fsp3) is 0.267. The van der Waals surface area contributed by atoms with Crippen molar-refractivity contribution in [3.05, 3.63) is 54.4 Å². The van der Waals surface area contributed by atoms with Gasteiger partial charge in [0.05, 0.1) is 12.3 Å². The molecule has 1 fully saturated rings. The number of rotatable bonds is 5. The molecule has 0 radical (unpaired) electrons. The first-order valence-electron chi connectivity index (χ1n) is 6.18. The lowest BCUT2D eigenvalue weighted by Gasteiger charge is -2.06. The second-order valence-corrected chi connectivity index (χ2v) is 5.50. The van der Waals surface area contributed by atoms with Gasteiger partial charge in [-0.3, -0.25) is 4.98 Å². The number of aromatic nitrogens is 1. The van der Waals surface area contributed by atoms with Gasteiger partial charge in [0.25, 0.3) is 0 Å². The highest BCUT2D eigenvalue weighted by molar-refractivity contribution is 7.98. The highest BCUT2D eigenvalue weighted by atomic mass is 32.2. The fourth-order valence-electron chi connectivity index (χ4n) is 1.66. The van der Waals surface area contributed by atoms with Gasteiger partial charge in [-0.2, -0.15) is 0 Å². The molecule has 92 valence electrons. The Balaban J connectivity index is 1.61. The molecule has 2 aromatic rings. The quantitative estimate of drug-likeness (QED) is 0.758. The van der Waals surface area contributed by atoms with Crippen molar-refractivity contribution in [2.45, 2.75) is 29.6 Å². The molecule has 1 aliphatic carbocycles. The molecule has 1 aromatic carbocycles. The van der Waals surface area contributed by atoms with Crippen molar-refractivity contribution < 1.29 is 4.74 Å². The predicted octanol–water partition coefficient (Wildman–Crippen LogP) is 3.92. The minimum absolute atomic E-state index is 0.432. The van der Waals surface area contributed by atoms with Crippen LogP contribution in [0.2, 0.25) is 0 Å². The molecule has 1 saturated carbocycles. The molecular weight excluding hydrogens is 242 g/mol. The van der Waals surface area contributed by atoms with Crippen molar-refractivity contribution >= 4 is 11.8 Å². The lowest BCUT2D eigenvalue weighted by molar-refractivity contribution is 0.301. The van der Waals surface area contributed by atoms with Gasteiger partial charge in [0.1, 0.15) is 5.75 Å². The van der Waals surface area contributed by atoms with Crippen LogP contribution in [0.3, 0.4) is 0 Å². The van der Waals surface area contributed by atoms with E-state index in [4.69, 9.17) is 4.74 Å². The predicted molar refractivity (Wildman–Crippen MR) is 73.9 cm³/mol. The Morgan fingerprint density at radius 2 is 2.00 bits per heavy atom. The Morgan fingerprint density at radius 3 is 2.78 bits per heavy atom. The number of ether oxygens (including phenoxy) is 1. The summed E-state index contributed by atoms with van der Waals surface area (Å²) in [6.45, 7) is 0. The third-order valence-electron chi connectivity index (χ3n) is 2.76. The minimum atomic E-state index is 0.432. The largest absolute Gasteiger partial charge is 0.489 e. The van der Waals surface area contributed by atoms with E-state index in [0.717, 1.165) is 16.4 Å². The summed E-state index contributed by atoms with van der Waals surface area (Å²) in [6.07, 6.45) is 6.49. The molecule has 0 saturated heterocycles. The highest BCUT2D eigenvalue weighted by Gasteiger charge is 2.23. The number of nitrogens with zero attached hydrogens (tertiary/aromatic N) is 1. The van der Waals surface area contributed by atoms with E-state index in [9.17, 15) is 0 Å². The third kappa shape index (κ3) is 3.26. The third-order valence-corrected chi connectivity index (χ3v) is 3.80. The van der Waals surface area contributed by atoms with Crippen molar-refractivity contribution in [1.82, 2.24) is 4.98 Å². The summed E-state index contributed by atoms with van der Waals surface area (Å²) in [6, 6.07) is 12.6. The average Bonchev–Trinajstić information content (AvgIpc) is 3.22. The Hall–Kier alpha value is -1.48. The van der Waals surface area contributed by atoms with E-state index in [1.807, 2.05) is 12.3 Å². The van der Waals surface area contributed by atoms with Crippen molar-refractivity contribution in [1.29, 1.82) is 0 Å². The molecule has 1 aromatic heterocycles. The van der Waals surface area contributed by atoms with Crippen LogP contribution in [0.5, 0.6) is 5.75 Å². The molecule has 0 aliphatic heterocycles. The van der Waals surface area contributed by atoms with Gasteiger partial charge in [0.2, 0.25) is 0 Å². The van der Waals surface area contributed by atoms with Gasteiger partial charge >= 0.3 is 0 Å². The van der Waals surface area contributed by atoms with Gasteiger partial charge in [0, 0.05) is 16.8 Å². The molecular formula is C15H15NOS. The SMILES string of the molecule is c1ccc(CSc2cncc(OC3CC3)c2)cc1. The lowest BCUT2D eigenvalue weighted by Crippen LogP contribution is -1.96. The van der Waals surface area contributed by atoms with Gasteiger partial charge in [0.15, 0.2) is 0 Å². The van der Waals surface area contributed by atoms with Gasteiger partial charge in [-0.05, 0) is 24.5 Å². The van der Waals surface area contributed by atoms with Gasteiger partial charge in [-0.15, -0.1) is 11.8 Å². The van der Waals surface area contributed by atoms with E-state index >= 15 is 0 Å². The number of benzene rings is 1. The van der Waals surface area contributed by atoms with Gasteiger partial charge in [-0.1, -0.05) is 30.3 Å². The topological polar surface area (TPSA) is 22.1 Å². The molecule has 0 bridgehead atoms. The smallest absolute Gasteiger partial charge is 0.139 e. The highest BCUT2D eigenvalue weighted by Crippen LogP contribution is 2.29. The maximum Gasteiger partial charge on any atom is 0.139 e.